The van der Waals surface area contributed by atoms with E-state index in [0.29, 0.717) is 0 Å². The summed E-state index contributed by atoms with van der Waals surface area (Å²) in [5, 5.41) is 0. The first-order valence-electron chi connectivity index (χ1n) is 4.34. The predicted octanol–water partition coefficient (Wildman–Crippen LogP) is 0.110. The van der Waals surface area contributed by atoms with Crippen LogP contribution in [0.3, 0.4) is 0 Å². The van der Waals surface area contributed by atoms with Gasteiger partial charge in [0.15, 0.2) is 0 Å². The first-order valence-corrected chi connectivity index (χ1v) is 4.34. The van der Waals surface area contributed by atoms with Gasteiger partial charge in [-0.15, -0.1) is 0 Å². The zero-order valence-electron chi connectivity index (χ0n) is 8.43. The second-order valence-corrected chi connectivity index (χ2v) is 2.77. The van der Waals surface area contributed by atoms with Crippen LogP contribution >= 0.6 is 0 Å². The Hall–Kier alpha value is 0.418. The predicted molar refractivity (Wildman–Crippen MR) is 57.9 cm³/mol. The fraction of sp³-hybridized carbons (Fsp3) is 0.875. The summed E-state index contributed by atoms with van der Waals surface area (Å²) in [6, 6.07) is 0. The number of hydrogen-bond acceptors (Lipinski definition) is 2. The molecule has 72 valence electrons. The Labute approximate surface area is 95.0 Å². The van der Waals surface area contributed by atoms with E-state index >= 15 is 0 Å². The summed E-state index contributed by atoms with van der Waals surface area (Å²) in [6.07, 6.45) is 4.13. The fourth-order valence-corrected chi connectivity index (χ4v) is 1.11. The average molecular weight is 368 g/mol. The summed E-state index contributed by atoms with van der Waals surface area (Å²) in [5.41, 5.74) is 0. The molecule has 0 saturated heterocycles. The van der Waals surface area contributed by atoms with Crippen molar-refractivity contribution in [1.82, 2.24) is 0 Å². The Morgan fingerprint density at radius 3 is 2.42 bits per heavy atom. The molecule has 0 heterocycles. The van der Waals surface area contributed by atoms with Crippen molar-refractivity contribution < 1.29 is 9.45 Å². The molecule has 0 aliphatic carbocycles. The molecule has 1 atom stereocenters. The van der Waals surface area contributed by atoms with Gasteiger partial charge >= 0.3 is 34.3 Å². The fourth-order valence-electron chi connectivity index (χ4n) is 1.11. The molecule has 0 fully saturated rings. The molecule has 0 aromatic rings. The second kappa shape index (κ2) is 9.51. The van der Waals surface area contributed by atoms with Crippen LogP contribution in [-0.2, 0) is 9.45 Å². The van der Waals surface area contributed by atoms with Crippen molar-refractivity contribution in [2.45, 2.75) is 39.5 Å². The third kappa shape index (κ3) is 5.99. The summed E-state index contributed by atoms with van der Waals surface area (Å²) in [6.45, 7) is 4.15. The third-order valence-corrected chi connectivity index (χ3v) is 1.93. The van der Waals surface area contributed by atoms with Gasteiger partial charge in [-0.25, -0.2) is 0 Å². The summed E-state index contributed by atoms with van der Waals surface area (Å²) >= 11 is 0. The topological polar surface area (TPSA) is 26.3 Å². The molecule has 0 N–H and O–H groups in total. The van der Waals surface area contributed by atoms with Gasteiger partial charge < -0.3 is 4.65 Å². The van der Waals surface area contributed by atoms with Gasteiger partial charge in [0, 0.05) is 0 Å². The maximum absolute atomic E-state index is 11.0. The minimum atomic E-state index is -0.0547. The molecule has 0 amide bonds. The van der Waals surface area contributed by atoms with Crippen LogP contribution in [-0.4, -0.2) is 40.2 Å². The van der Waals surface area contributed by atoms with Gasteiger partial charge in [-0.05, 0) is 12.8 Å². The van der Waals surface area contributed by atoms with Crippen molar-refractivity contribution in [3.8, 4) is 0 Å². The quantitative estimate of drug-likeness (QED) is 0.645. The molecule has 0 bridgehead atoms. The second-order valence-electron chi connectivity index (χ2n) is 2.77. The van der Waals surface area contributed by atoms with Crippen LogP contribution in [0.1, 0.15) is 39.5 Å². The zero-order chi connectivity index (χ0) is 8.69. The number of unbranched alkanes of at least 4 members (excludes halogenated alkanes) is 1. The van der Waals surface area contributed by atoms with E-state index < -0.39 is 0 Å². The Bertz CT molecular complexity index is 120. The Kier molecular flexibility index (Phi) is 11.8. The van der Waals surface area contributed by atoms with E-state index in [4.69, 9.17) is 0 Å². The number of rotatable bonds is 5. The summed E-state index contributed by atoms with van der Waals surface area (Å²) < 4.78 is 4.66. The van der Waals surface area contributed by atoms with Crippen LogP contribution in [0, 0.1) is 5.92 Å². The van der Waals surface area contributed by atoms with Crippen LogP contribution in [0.2, 0.25) is 0 Å². The van der Waals surface area contributed by atoms with Crippen LogP contribution in [0.25, 0.3) is 0 Å². The van der Waals surface area contributed by atoms with E-state index in [1.807, 2.05) is 6.92 Å². The van der Waals surface area contributed by atoms with E-state index in [9.17, 15) is 4.79 Å². The van der Waals surface area contributed by atoms with Crippen molar-refractivity contribution in [3.05, 3.63) is 0 Å². The number of hydrogen-bond donors (Lipinski definition) is 0. The van der Waals surface area contributed by atoms with Crippen molar-refractivity contribution in [2.75, 3.05) is 0 Å². The molecule has 0 radical (unpaired) electrons. The van der Waals surface area contributed by atoms with Crippen LogP contribution in [0.5, 0.6) is 0 Å². The monoisotopic (exact) mass is 368 g/mol. The molecule has 1 unspecified atom stereocenters. The molecule has 0 rings (SSSR count). The Morgan fingerprint density at radius 2 is 2.08 bits per heavy atom. The molecule has 4 heteroatoms. The molecule has 0 aromatic carbocycles. The molecule has 12 heavy (non-hydrogen) atoms. The molecule has 0 aliphatic heterocycles. The Balaban J connectivity index is 0. The van der Waals surface area contributed by atoms with E-state index in [-0.39, 0.29) is 38.1 Å². The summed E-state index contributed by atoms with van der Waals surface area (Å²) in [5.74, 6) is 0.0703. The first-order chi connectivity index (χ1) is 5.26. The SMILES string of the molecule is BOC(=O)C(CC)CCCC.[BiH3]. The van der Waals surface area contributed by atoms with Gasteiger partial charge in [-0.3, -0.25) is 4.79 Å². The van der Waals surface area contributed by atoms with Crippen LogP contribution < -0.4 is 0 Å². The van der Waals surface area contributed by atoms with Crippen molar-refractivity contribution >= 4 is 40.2 Å². The summed E-state index contributed by atoms with van der Waals surface area (Å²) in [7, 11) is 1.46. The average Bonchev–Trinajstić information content (AvgIpc) is 2.05. The third-order valence-electron chi connectivity index (χ3n) is 1.93. The van der Waals surface area contributed by atoms with E-state index in [2.05, 4.69) is 11.6 Å². The molecule has 0 aliphatic rings. The normalized spacial score (nSPS) is 11.5. The van der Waals surface area contributed by atoms with Gasteiger partial charge in [-0.2, -0.15) is 0 Å². The summed E-state index contributed by atoms with van der Waals surface area (Å²) in [4.78, 5) is 11.0. The van der Waals surface area contributed by atoms with Crippen LogP contribution in [0.15, 0.2) is 0 Å². The number of carbonyl (C=O) groups excluding carboxylic acids is 1. The maximum atomic E-state index is 11.0. The van der Waals surface area contributed by atoms with Gasteiger partial charge in [0.1, 0.15) is 0 Å². The first kappa shape index (κ1) is 14.9. The minimum absolute atomic E-state index is 0. The molecule has 0 aromatic heterocycles. The van der Waals surface area contributed by atoms with E-state index in [0.717, 1.165) is 25.7 Å². The van der Waals surface area contributed by atoms with E-state index in [1.165, 1.54) is 8.05 Å². The van der Waals surface area contributed by atoms with Crippen LogP contribution in [0.4, 0.5) is 0 Å². The molecule has 2 nitrogen and oxygen atoms in total. The standard InChI is InChI=1S/C8H17BO2.Bi.3H/c1-3-5-6-7(4-2)8(10)11-9;;;;/h7H,3-6,9H2,1-2H3;;;;. The molecule has 0 saturated carbocycles. The van der Waals surface area contributed by atoms with Gasteiger partial charge in [-0.1, -0.05) is 26.7 Å². The number of carbonyl (C=O) groups is 1. The zero-order valence-corrected chi connectivity index (χ0v) is 13.9. The molecular weight excluding hydrogens is 348 g/mol. The van der Waals surface area contributed by atoms with Gasteiger partial charge in [0.25, 0.3) is 5.97 Å². The van der Waals surface area contributed by atoms with Gasteiger partial charge in [0.05, 0.1) is 5.92 Å². The van der Waals surface area contributed by atoms with Gasteiger partial charge in [0.2, 0.25) is 0 Å². The van der Waals surface area contributed by atoms with Crippen molar-refractivity contribution in [2.24, 2.45) is 5.92 Å². The Morgan fingerprint density at radius 1 is 1.50 bits per heavy atom. The molecular formula is C8H20BBiO2. The van der Waals surface area contributed by atoms with E-state index in [1.54, 1.807) is 0 Å². The van der Waals surface area contributed by atoms with Crippen molar-refractivity contribution in [3.63, 3.8) is 0 Å². The van der Waals surface area contributed by atoms with Crippen molar-refractivity contribution in [1.29, 1.82) is 0 Å². The molecule has 0 spiro atoms.